The van der Waals surface area contributed by atoms with Gasteiger partial charge in [-0.3, -0.25) is 0 Å². The van der Waals surface area contributed by atoms with Gasteiger partial charge in [-0.05, 0) is 38.6 Å². The lowest BCUT2D eigenvalue weighted by Gasteiger charge is -2.31. The molecule has 0 aromatic carbocycles. The number of rotatable bonds is 13. The lowest BCUT2D eigenvalue weighted by molar-refractivity contribution is 0.0406. The Balaban J connectivity index is 4.50. The van der Waals surface area contributed by atoms with E-state index in [-0.39, 0.29) is 19.3 Å². The molecule has 0 heterocycles. The Morgan fingerprint density at radius 1 is 1.00 bits per heavy atom. The summed E-state index contributed by atoms with van der Waals surface area (Å²) in [7, 11) is 0.526. The molecule has 4 N–H and O–H groups in total. The van der Waals surface area contributed by atoms with Crippen LogP contribution in [0.3, 0.4) is 0 Å². The Hall–Kier alpha value is -0.0231. The molecule has 0 aromatic heterocycles. The molecule has 6 nitrogen and oxygen atoms in total. The van der Waals surface area contributed by atoms with Gasteiger partial charge in [-0.15, -0.1) is 0 Å². The molecule has 0 aliphatic heterocycles. The van der Waals surface area contributed by atoms with Gasteiger partial charge >= 0.3 is 8.80 Å². The molecule has 0 saturated heterocycles. The van der Waals surface area contributed by atoms with Crippen LogP contribution in [0.25, 0.3) is 0 Å². The van der Waals surface area contributed by atoms with Crippen molar-refractivity contribution in [1.82, 2.24) is 0 Å². The van der Waals surface area contributed by atoms with Crippen LogP contribution in [-0.4, -0.2) is 59.1 Å². The number of aliphatic hydroxyl groups is 2. The highest BCUT2D eigenvalue weighted by atomic mass is 28.4. The quantitative estimate of drug-likeness (QED) is 0.428. The third-order valence-corrected chi connectivity index (χ3v) is 5.93. The molecule has 0 atom stereocenters. The largest absolute Gasteiger partial charge is 0.500 e. The van der Waals surface area contributed by atoms with Gasteiger partial charge in [0.2, 0.25) is 0 Å². The fourth-order valence-electron chi connectivity index (χ4n) is 1.92. The minimum Gasteiger partial charge on any atom is -0.396 e. The van der Waals surface area contributed by atoms with Gasteiger partial charge in [0, 0.05) is 39.6 Å². The summed E-state index contributed by atoms with van der Waals surface area (Å²) < 4.78 is 17.0. The van der Waals surface area contributed by atoms with E-state index in [1.807, 2.05) is 0 Å². The van der Waals surface area contributed by atoms with Gasteiger partial charge in [-0.25, -0.2) is 0 Å². The fourth-order valence-corrected chi connectivity index (χ4v) is 4.18. The molecule has 0 aromatic rings. The van der Waals surface area contributed by atoms with E-state index in [1.54, 1.807) is 14.2 Å². The van der Waals surface area contributed by atoms with Crippen LogP contribution in [-0.2, 0) is 13.3 Å². The lowest BCUT2D eigenvalue weighted by Crippen LogP contribution is -2.47. The van der Waals surface area contributed by atoms with Crippen LogP contribution in [0.4, 0.5) is 0 Å². The molecule has 0 amide bonds. The zero-order chi connectivity index (χ0) is 14.6. The van der Waals surface area contributed by atoms with Gasteiger partial charge in [0.15, 0.2) is 0 Å². The monoisotopic (exact) mass is 295 g/mol. The third kappa shape index (κ3) is 7.98. The molecule has 7 heteroatoms. The van der Waals surface area contributed by atoms with Crippen LogP contribution in [0.2, 0.25) is 6.04 Å². The fraction of sp³-hybridized carbons (Fsp3) is 1.00. The van der Waals surface area contributed by atoms with Crippen molar-refractivity contribution in [2.75, 3.05) is 34.0 Å². The van der Waals surface area contributed by atoms with E-state index in [0.29, 0.717) is 25.4 Å². The third-order valence-electron chi connectivity index (χ3n) is 3.02. The Morgan fingerprint density at radius 2 is 1.53 bits per heavy atom. The molecule has 0 fully saturated rings. The highest BCUT2D eigenvalue weighted by Crippen LogP contribution is 2.22. The number of nitrogens with two attached hydrogens (primary N) is 1. The van der Waals surface area contributed by atoms with Crippen LogP contribution in [0, 0.1) is 0 Å². The molecule has 0 aliphatic rings. The summed E-state index contributed by atoms with van der Waals surface area (Å²) in [5.74, 6) is 0. The van der Waals surface area contributed by atoms with Crippen molar-refractivity contribution in [1.29, 1.82) is 0 Å². The second kappa shape index (κ2) is 11.8. The van der Waals surface area contributed by atoms with E-state index in [1.165, 1.54) is 0 Å². The van der Waals surface area contributed by atoms with Gasteiger partial charge in [0.25, 0.3) is 0 Å². The predicted octanol–water partition coefficient (Wildman–Crippen LogP) is 0.497. The Bertz CT molecular complexity index is 197. The number of hydrogen-bond donors (Lipinski definition) is 3. The van der Waals surface area contributed by atoms with Crippen molar-refractivity contribution >= 4 is 8.80 Å². The Kier molecular flexibility index (Phi) is 11.8. The van der Waals surface area contributed by atoms with Crippen LogP contribution in [0.5, 0.6) is 0 Å². The first kappa shape index (κ1) is 19.0. The molecular formula is C12H29NO5Si. The smallest absolute Gasteiger partial charge is 0.396 e. The summed E-state index contributed by atoms with van der Waals surface area (Å²) >= 11 is 0. The highest BCUT2D eigenvalue weighted by molar-refractivity contribution is 6.60. The summed E-state index contributed by atoms with van der Waals surface area (Å²) in [4.78, 5) is 0. The maximum Gasteiger partial charge on any atom is 0.500 e. The summed E-state index contributed by atoms with van der Waals surface area (Å²) in [6.07, 6.45) is 3.56. The number of hydrogen-bond acceptors (Lipinski definition) is 6. The molecule has 0 saturated carbocycles. The molecule has 0 bridgehead atoms. The maximum atomic E-state index is 8.92. The second-order valence-corrected chi connectivity index (χ2v) is 7.37. The SMILES string of the molecule is CO[Si](CCCN)(OC)OC(CCCO)CCCO. The zero-order valence-corrected chi connectivity index (χ0v) is 13.1. The van der Waals surface area contributed by atoms with Crippen molar-refractivity contribution in [2.45, 2.75) is 44.3 Å². The number of aliphatic hydroxyl groups excluding tert-OH is 2. The Labute approximate surface area is 117 Å². The van der Waals surface area contributed by atoms with Crippen molar-refractivity contribution in [3.8, 4) is 0 Å². The topological polar surface area (TPSA) is 94.2 Å². The van der Waals surface area contributed by atoms with Crippen LogP contribution in [0.15, 0.2) is 0 Å². The molecule has 0 aliphatic carbocycles. The highest BCUT2D eigenvalue weighted by Gasteiger charge is 2.40. The standard InChI is InChI=1S/C12H29NO5Si/c1-16-19(17-2,11-5-8-13)18-12(6-3-9-14)7-4-10-15/h12,14-15H,3-11,13H2,1-2H3. The van der Waals surface area contributed by atoms with Crippen molar-refractivity contribution < 1.29 is 23.5 Å². The predicted molar refractivity (Wildman–Crippen MR) is 75.8 cm³/mol. The van der Waals surface area contributed by atoms with E-state index in [0.717, 1.165) is 19.3 Å². The lowest BCUT2D eigenvalue weighted by atomic mass is 10.1. The van der Waals surface area contributed by atoms with Crippen LogP contribution in [0.1, 0.15) is 32.1 Å². The van der Waals surface area contributed by atoms with Crippen molar-refractivity contribution in [3.05, 3.63) is 0 Å². The average Bonchev–Trinajstić information content (AvgIpc) is 2.46. The van der Waals surface area contributed by atoms with Gasteiger partial charge in [-0.2, -0.15) is 0 Å². The normalized spacial score (nSPS) is 12.3. The first-order valence-corrected chi connectivity index (χ1v) is 8.81. The minimum absolute atomic E-state index is 0.0522. The van der Waals surface area contributed by atoms with Gasteiger partial charge in [-0.1, -0.05) is 0 Å². The van der Waals surface area contributed by atoms with Crippen molar-refractivity contribution in [2.24, 2.45) is 5.73 Å². The van der Waals surface area contributed by atoms with Crippen LogP contribution >= 0.6 is 0 Å². The maximum absolute atomic E-state index is 8.92. The molecule has 19 heavy (non-hydrogen) atoms. The Morgan fingerprint density at radius 3 is 1.89 bits per heavy atom. The summed E-state index contributed by atoms with van der Waals surface area (Å²) in [5, 5.41) is 17.8. The van der Waals surface area contributed by atoms with Gasteiger partial charge < -0.3 is 29.2 Å². The van der Waals surface area contributed by atoms with E-state index in [4.69, 9.17) is 29.2 Å². The minimum atomic E-state index is -2.67. The first-order chi connectivity index (χ1) is 9.17. The summed E-state index contributed by atoms with van der Waals surface area (Å²) in [5.41, 5.74) is 5.53. The van der Waals surface area contributed by atoms with Crippen molar-refractivity contribution in [3.63, 3.8) is 0 Å². The molecule has 116 valence electrons. The van der Waals surface area contributed by atoms with E-state index >= 15 is 0 Å². The summed E-state index contributed by atoms with van der Waals surface area (Å²) in [6.45, 7) is 0.843. The molecular weight excluding hydrogens is 266 g/mol. The molecule has 0 unspecified atom stereocenters. The van der Waals surface area contributed by atoms with Gasteiger partial charge in [0.1, 0.15) is 0 Å². The first-order valence-electron chi connectivity index (χ1n) is 6.88. The summed E-state index contributed by atoms with van der Waals surface area (Å²) in [6, 6.07) is 0.686. The molecule has 0 spiro atoms. The van der Waals surface area contributed by atoms with Gasteiger partial charge in [0.05, 0.1) is 0 Å². The van der Waals surface area contributed by atoms with E-state index < -0.39 is 8.80 Å². The molecule has 0 rings (SSSR count). The van der Waals surface area contributed by atoms with Crippen LogP contribution < -0.4 is 5.73 Å². The second-order valence-electron chi connectivity index (χ2n) is 4.46. The van der Waals surface area contributed by atoms with E-state index in [2.05, 4.69) is 0 Å². The zero-order valence-electron chi connectivity index (χ0n) is 12.1. The molecule has 0 radical (unpaired) electrons. The average molecular weight is 295 g/mol. The van der Waals surface area contributed by atoms with E-state index in [9.17, 15) is 0 Å².